The second-order valence-corrected chi connectivity index (χ2v) is 6.12. The third-order valence-corrected chi connectivity index (χ3v) is 4.56. The Kier molecular flexibility index (Phi) is 5.06. The molecule has 0 aliphatic heterocycles. The van der Waals surface area contributed by atoms with E-state index in [0.29, 0.717) is 30.9 Å². The highest BCUT2D eigenvalue weighted by molar-refractivity contribution is 7.99. The number of hydrazine groups is 1. The van der Waals surface area contributed by atoms with Gasteiger partial charge in [0.25, 0.3) is 0 Å². The Bertz CT molecular complexity index is 621. The molecule has 0 fully saturated rings. The van der Waals surface area contributed by atoms with Crippen LogP contribution in [0.5, 0.6) is 0 Å². The number of nitrogens with zero attached hydrogens (tertiary/aromatic N) is 1. The van der Waals surface area contributed by atoms with E-state index in [9.17, 15) is 0 Å². The molecule has 3 N–H and O–H groups in total. The normalized spacial score (nSPS) is 10.6. The van der Waals surface area contributed by atoms with E-state index in [1.165, 1.54) is 11.8 Å². The first-order valence-electron chi connectivity index (χ1n) is 4.97. The summed E-state index contributed by atoms with van der Waals surface area (Å²) in [6.07, 6.45) is 0. The summed E-state index contributed by atoms with van der Waals surface area (Å²) in [5.74, 6) is 5.66. The molecule has 0 aliphatic carbocycles. The third-order valence-electron chi connectivity index (χ3n) is 2.13. The summed E-state index contributed by atoms with van der Waals surface area (Å²) in [5, 5.41) is 2.42. The maximum atomic E-state index is 6.09. The predicted octanol–water partition coefficient (Wildman–Crippen LogP) is 5.13. The first-order chi connectivity index (χ1) is 9.01. The van der Waals surface area contributed by atoms with Crippen molar-refractivity contribution in [3.8, 4) is 0 Å². The van der Waals surface area contributed by atoms with E-state index in [-0.39, 0.29) is 0 Å². The molecule has 0 unspecified atom stereocenters. The minimum absolute atomic E-state index is 0.340. The molecule has 100 valence electrons. The Morgan fingerprint density at radius 1 is 1.00 bits per heavy atom. The quantitative estimate of drug-likeness (QED) is 0.592. The smallest absolute Gasteiger partial charge is 0.160 e. The molecule has 1 aromatic heterocycles. The van der Waals surface area contributed by atoms with Crippen molar-refractivity contribution in [3.63, 3.8) is 0 Å². The number of halogens is 4. The molecule has 19 heavy (non-hydrogen) atoms. The Morgan fingerprint density at radius 3 is 2.42 bits per heavy atom. The van der Waals surface area contributed by atoms with Crippen LogP contribution in [0.3, 0.4) is 0 Å². The number of hydrogen-bond acceptors (Lipinski definition) is 4. The number of aromatic nitrogens is 1. The van der Waals surface area contributed by atoms with E-state index < -0.39 is 0 Å². The van der Waals surface area contributed by atoms with E-state index >= 15 is 0 Å². The molecule has 8 heteroatoms. The summed E-state index contributed by atoms with van der Waals surface area (Å²) < 4.78 is 0. The van der Waals surface area contributed by atoms with E-state index in [1.54, 1.807) is 24.3 Å². The lowest BCUT2D eigenvalue weighted by Crippen LogP contribution is -2.09. The van der Waals surface area contributed by atoms with Gasteiger partial charge in [0.05, 0.1) is 15.1 Å². The van der Waals surface area contributed by atoms with E-state index in [0.717, 1.165) is 4.90 Å². The second-order valence-electron chi connectivity index (χ2n) is 3.43. The Balaban J connectivity index is 2.40. The van der Waals surface area contributed by atoms with Crippen molar-refractivity contribution >= 4 is 64.0 Å². The number of pyridine rings is 1. The van der Waals surface area contributed by atoms with Gasteiger partial charge in [0.15, 0.2) is 5.82 Å². The van der Waals surface area contributed by atoms with Crippen LogP contribution in [0.25, 0.3) is 0 Å². The highest BCUT2D eigenvalue weighted by Gasteiger charge is 2.12. The molecule has 0 saturated heterocycles. The van der Waals surface area contributed by atoms with Crippen molar-refractivity contribution in [3.05, 3.63) is 44.4 Å². The van der Waals surface area contributed by atoms with Crippen molar-refractivity contribution < 1.29 is 0 Å². The van der Waals surface area contributed by atoms with Gasteiger partial charge in [0.2, 0.25) is 0 Å². The van der Waals surface area contributed by atoms with Crippen molar-refractivity contribution in [2.45, 2.75) is 9.92 Å². The highest BCUT2D eigenvalue weighted by Crippen LogP contribution is 2.39. The van der Waals surface area contributed by atoms with Gasteiger partial charge in [0, 0.05) is 9.92 Å². The average Bonchev–Trinajstić information content (AvgIpc) is 2.37. The van der Waals surface area contributed by atoms with E-state index in [2.05, 4.69) is 10.4 Å². The van der Waals surface area contributed by atoms with Crippen LogP contribution < -0.4 is 11.3 Å². The zero-order valence-corrected chi connectivity index (χ0v) is 13.1. The summed E-state index contributed by atoms with van der Waals surface area (Å²) in [5.41, 5.74) is 2.40. The van der Waals surface area contributed by atoms with Gasteiger partial charge in [-0.3, -0.25) is 0 Å². The lowest BCUT2D eigenvalue weighted by atomic mass is 10.4. The van der Waals surface area contributed by atoms with E-state index in [1.807, 2.05) is 0 Å². The minimum atomic E-state index is 0.340. The summed E-state index contributed by atoms with van der Waals surface area (Å²) in [6.45, 7) is 0. The molecular formula is C11H7Cl4N3S. The molecule has 0 amide bonds. The van der Waals surface area contributed by atoms with Crippen molar-refractivity contribution in [1.29, 1.82) is 0 Å². The van der Waals surface area contributed by atoms with Crippen LogP contribution in [0.4, 0.5) is 5.82 Å². The first kappa shape index (κ1) is 15.0. The summed E-state index contributed by atoms with van der Waals surface area (Å²) in [7, 11) is 0. The van der Waals surface area contributed by atoms with Crippen molar-refractivity contribution in [2.24, 2.45) is 5.84 Å². The molecule has 2 rings (SSSR count). The first-order valence-corrected chi connectivity index (χ1v) is 7.29. The second kappa shape index (κ2) is 6.39. The number of nitrogens with two attached hydrogens (primary N) is 1. The summed E-state index contributed by atoms with van der Waals surface area (Å²) >= 11 is 25.3. The van der Waals surface area contributed by atoms with Crippen molar-refractivity contribution in [1.82, 2.24) is 4.98 Å². The maximum absolute atomic E-state index is 6.09. The third kappa shape index (κ3) is 3.60. The Labute approximate surface area is 134 Å². The lowest BCUT2D eigenvalue weighted by Gasteiger charge is -2.09. The fourth-order valence-electron chi connectivity index (χ4n) is 1.28. The molecule has 3 nitrogen and oxygen atoms in total. The van der Waals surface area contributed by atoms with Crippen LogP contribution >= 0.6 is 58.2 Å². The van der Waals surface area contributed by atoms with Gasteiger partial charge < -0.3 is 5.43 Å². The van der Waals surface area contributed by atoms with Crippen LogP contribution in [-0.4, -0.2) is 4.98 Å². The van der Waals surface area contributed by atoms with Gasteiger partial charge in [-0.2, -0.15) is 0 Å². The topological polar surface area (TPSA) is 50.9 Å². The Hall–Kier alpha value is -0.360. The molecule has 0 radical (unpaired) electrons. The fraction of sp³-hybridized carbons (Fsp3) is 0. The molecule has 0 saturated carbocycles. The van der Waals surface area contributed by atoms with Crippen LogP contribution in [0.1, 0.15) is 0 Å². The van der Waals surface area contributed by atoms with Gasteiger partial charge in [-0.15, -0.1) is 0 Å². The predicted molar refractivity (Wildman–Crippen MR) is 82.7 cm³/mol. The van der Waals surface area contributed by atoms with Crippen LogP contribution in [0, 0.1) is 0 Å². The minimum Gasteiger partial charge on any atom is -0.307 e. The van der Waals surface area contributed by atoms with E-state index in [4.69, 9.17) is 52.2 Å². The number of nitrogens with one attached hydrogen (secondary N) is 1. The fourth-order valence-corrected chi connectivity index (χ4v) is 3.13. The van der Waals surface area contributed by atoms with Crippen LogP contribution in [0.2, 0.25) is 20.1 Å². The number of benzene rings is 1. The molecule has 0 aliphatic rings. The zero-order valence-electron chi connectivity index (χ0n) is 9.25. The highest BCUT2D eigenvalue weighted by atomic mass is 35.5. The van der Waals surface area contributed by atoms with Crippen LogP contribution in [0.15, 0.2) is 34.2 Å². The van der Waals surface area contributed by atoms with Gasteiger partial charge >= 0.3 is 0 Å². The van der Waals surface area contributed by atoms with Gasteiger partial charge in [-0.05, 0) is 24.3 Å². The largest absolute Gasteiger partial charge is 0.307 e. The van der Waals surface area contributed by atoms with Gasteiger partial charge in [-0.25, -0.2) is 10.8 Å². The monoisotopic (exact) mass is 353 g/mol. The molecular weight excluding hydrogens is 348 g/mol. The standard InChI is InChI=1S/C11H7Cl4N3S/c12-5-1-2-6(13)9(3-5)19-11-8(15)4-7(14)10(17-11)18-16/h1-4H,16H2,(H,17,18). The maximum Gasteiger partial charge on any atom is 0.160 e. The summed E-state index contributed by atoms with van der Waals surface area (Å²) in [4.78, 5) is 4.96. The van der Waals surface area contributed by atoms with Gasteiger partial charge in [0.1, 0.15) is 5.03 Å². The molecule has 2 aromatic rings. The van der Waals surface area contributed by atoms with Gasteiger partial charge in [-0.1, -0.05) is 58.2 Å². The Morgan fingerprint density at radius 2 is 1.74 bits per heavy atom. The molecule has 1 heterocycles. The SMILES string of the molecule is NNc1nc(Sc2cc(Cl)ccc2Cl)c(Cl)cc1Cl. The van der Waals surface area contributed by atoms with Crippen LogP contribution in [-0.2, 0) is 0 Å². The molecule has 0 bridgehead atoms. The summed E-state index contributed by atoms with van der Waals surface area (Å²) in [6, 6.07) is 6.71. The molecule has 0 spiro atoms. The average molecular weight is 355 g/mol. The number of hydrogen-bond donors (Lipinski definition) is 2. The lowest BCUT2D eigenvalue weighted by molar-refractivity contribution is 1.11. The van der Waals surface area contributed by atoms with Crippen molar-refractivity contribution in [2.75, 3.05) is 5.43 Å². The number of rotatable bonds is 3. The molecule has 0 atom stereocenters. The zero-order chi connectivity index (χ0) is 14.0. The molecule has 1 aromatic carbocycles. The number of anilines is 1. The number of nitrogen functional groups attached to an aromatic ring is 1.